The summed E-state index contributed by atoms with van der Waals surface area (Å²) in [7, 11) is -3.42. The molecule has 3 aromatic rings. The van der Waals surface area contributed by atoms with Gasteiger partial charge < -0.3 is 14.2 Å². The molecule has 0 fully saturated rings. The minimum absolute atomic E-state index is 0.00476. The Kier molecular flexibility index (Phi) is 7.30. The van der Waals surface area contributed by atoms with Crippen LogP contribution in [0, 0.1) is 0 Å². The van der Waals surface area contributed by atoms with E-state index in [0.717, 1.165) is 14.8 Å². The van der Waals surface area contributed by atoms with Crippen molar-refractivity contribution in [1.82, 2.24) is 19.9 Å². The molecule has 0 bridgehead atoms. The molecule has 1 aromatic heterocycles. The Morgan fingerprint density at radius 2 is 1.76 bits per heavy atom. The zero-order valence-electron chi connectivity index (χ0n) is 18.7. The molecule has 1 atom stereocenters. The van der Waals surface area contributed by atoms with Gasteiger partial charge in [0.25, 0.3) is 11.8 Å². The Bertz CT molecular complexity index is 1260. The first kappa shape index (κ1) is 24.7. The number of imide groups is 1. The molecule has 180 valence electrons. The molecule has 0 saturated heterocycles. The van der Waals surface area contributed by atoms with Gasteiger partial charge in [0.05, 0.1) is 44.8 Å². The lowest BCUT2D eigenvalue weighted by molar-refractivity contribution is 0.0596. The van der Waals surface area contributed by atoms with Crippen molar-refractivity contribution in [1.29, 1.82) is 0 Å². The number of hydrogen-bond donors (Lipinski definition) is 1. The van der Waals surface area contributed by atoms with E-state index >= 15 is 0 Å². The van der Waals surface area contributed by atoms with Crippen molar-refractivity contribution in [2.45, 2.75) is 33.0 Å². The summed E-state index contributed by atoms with van der Waals surface area (Å²) in [6, 6.07) is 8.81. The van der Waals surface area contributed by atoms with Crippen LogP contribution in [0.1, 0.15) is 40.3 Å². The van der Waals surface area contributed by atoms with Gasteiger partial charge in [-0.1, -0.05) is 33.3 Å². The van der Waals surface area contributed by atoms with Crippen LogP contribution in [0.3, 0.4) is 0 Å². The zero-order chi connectivity index (χ0) is 24.5. The molecule has 0 spiro atoms. The predicted molar refractivity (Wildman–Crippen MR) is 128 cm³/mol. The van der Waals surface area contributed by atoms with Crippen LogP contribution >= 0.6 is 23.5 Å². The van der Waals surface area contributed by atoms with Gasteiger partial charge in [-0.15, -0.1) is 5.10 Å². The SMILES string of the molecule is CCOP(=O)(CC(O)Cn1cc(CN2C(=O)c3cccc4c(Br)ccc(c34)C2=O)nn1)OCC. The third-order valence-electron chi connectivity index (χ3n) is 5.33. The molecule has 34 heavy (non-hydrogen) atoms. The van der Waals surface area contributed by atoms with Crippen LogP contribution in [0.5, 0.6) is 0 Å². The first-order chi connectivity index (χ1) is 16.3. The Hall–Kier alpha value is -2.43. The van der Waals surface area contributed by atoms with Gasteiger partial charge in [0.15, 0.2) is 0 Å². The smallest absolute Gasteiger partial charge is 0.333 e. The highest BCUT2D eigenvalue weighted by Crippen LogP contribution is 2.48. The molecule has 2 aromatic carbocycles. The first-order valence-corrected chi connectivity index (χ1v) is 13.3. The molecule has 1 N–H and O–H groups in total. The fraction of sp³-hybridized carbons (Fsp3) is 0.364. The standard InChI is InChI=1S/C22H24BrN4O6P/c1-3-32-34(31,33-4-2)13-15(28)12-26-10-14(24-25-26)11-27-21(29)17-7-5-6-16-19(23)9-8-18(20(16)17)22(27)30/h5-10,15,28H,3-4,11-13H2,1-2H3. The Morgan fingerprint density at radius 1 is 1.09 bits per heavy atom. The van der Waals surface area contributed by atoms with Crippen molar-refractivity contribution < 1.29 is 28.3 Å². The van der Waals surface area contributed by atoms with Gasteiger partial charge >= 0.3 is 7.60 Å². The number of benzene rings is 2. The summed E-state index contributed by atoms with van der Waals surface area (Å²) in [5.41, 5.74) is 1.26. The monoisotopic (exact) mass is 550 g/mol. The predicted octanol–water partition coefficient (Wildman–Crippen LogP) is 3.62. The summed E-state index contributed by atoms with van der Waals surface area (Å²) in [6.45, 7) is 3.71. The van der Waals surface area contributed by atoms with E-state index in [0.29, 0.717) is 22.2 Å². The van der Waals surface area contributed by atoms with Crippen LogP contribution < -0.4 is 0 Å². The topological polar surface area (TPSA) is 124 Å². The number of aromatic nitrogens is 3. The molecule has 0 aliphatic carbocycles. The lowest BCUT2D eigenvalue weighted by Crippen LogP contribution is -2.39. The van der Waals surface area contributed by atoms with Crippen LogP contribution in [-0.2, 0) is 26.7 Å². The molecule has 2 heterocycles. The molecule has 2 amide bonds. The lowest BCUT2D eigenvalue weighted by Gasteiger charge is -2.26. The molecule has 1 unspecified atom stereocenters. The van der Waals surface area contributed by atoms with Gasteiger partial charge in [-0.2, -0.15) is 0 Å². The van der Waals surface area contributed by atoms with E-state index in [-0.39, 0.29) is 32.5 Å². The Morgan fingerprint density at radius 3 is 2.44 bits per heavy atom. The molecule has 10 nitrogen and oxygen atoms in total. The number of nitrogens with zero attached hydrogens (tertiary/aromatic N) is 4. The molecular weight excluding hydrogens is 527 g/mol. The quantitative estimate of drug-likeness (QED) is 0.300. The second kappa shape index (κ2) is 10.1. The maximum atomic E-state index is 13.1. The van der Waals surface area contributed by atoms with Gasteiger partial charge in [0.2, 0.25) is 0 Å². The summed E-state index contributed by atoms with van der Waals surface area (Å²) in [5.74, 6) is -0.824. The average molecular weight is 551 g/mol. The van der Waals surface area contributed by atoms with Crippen molar-refractivity contribution in [3.63, 3.8) is 0 Å². The molecule has 0 saturated carbocycles. The first-order valence-electron chi connectivity index (χ1n) is 10.8. The maximum absolute atomic E-state index is 13.1. The number of amides is 2. The van der Waals surface area contributed by atoms with E-state index in [1.165, 1.54) is 10.9 Å². The second-order valence-corrected chi connectivity index (χ2v) is 10.7. The van der Waals surface area contributed by atoms with Gasteiger partial charge in [0, 0.05) is 21.0 Å². The van der Waals surface area contributed by atoms with E-state index in [1.807, 2.05) is 6.07 Å². The third-order valence-corrected chi connectivity index (χ3v) is 8.19. The molecule has 4 rings (SSSR count). The highest BCUT2D eigenvalue weighted by atomic mass is 79.9. The lowest BCUT2D eigenvalue weighted by atomic mass is 9.94. The number of aliphatic hydroxyl groups is 1. The average Bonchev–Trinajstić information content (AvgIpc) is 3.22. The van der Waals surface area contributed by atoms with Gasteiger partial charge in [-0.25, -0.2) is 4.68 Å². The molecule has 1 aliphatic rings. The fourth-order valence-corrected chi connectivity index (χ4v) is 6.15. The van der Waals surface area contributed by atoms with Crippen LogP contribution in [0.2, 0.25) is 0 Å². The van der Waals surface area contributed by atoms with Crippen molar-refractivity contribution in [3.8, 4) is 0 Å². The van der Waals surface area contributed by atoms with Crippen LogP contribution in [-0.4, -0.2) is 62.3 Å². The second-order valence-electron chi connectivity index (χ2n) is 7.73. The summed E-state index contributed by atoms with van der Waals surface area (Å²) in [6.07, 6.45) is 0.288. The molecule has 12 heteroatoms. The minimum Gasteiger partial charge on any atom is -0.391 e. The van der Waals surface area contributed by atoms with E-state index in [2.05, 4.69) is 26.2 Å². The van der Waals surface area contributed by atoms with Crippen LogP contribution in [0.4, 0.5) is 0 Å². The Balaban J connectivity index is 1.49. The van der Waals surface area contributed by atoms with E-state index in [9.17, 15) is 19.3 Å². The summed E-state index contributed by atoms with van der Waals surface area (Å²) in [5, 5.41) is 19.8. The number of carbonyl (C=O) groups is 2. The fourth-order valence-electron chi connectivity index (χ4n) is 3.98. The number of carbonyl (C=O) groups excluding carboxylic acids is 2. The molecular formula is C22H24BrN4O6P. The van der Waals surface area contributed by atoms with Crippen molar-refractivity contribution in [2.24, 2.45) is 0 Å². The number of aliphatic hydroxyl groups excluding tert-OH is 1. The highest BCUT2D eigenvalue weighted by Gasteiger charge is 2.34. The number of halogens is 1. The summed E-state index contributed by atoms with van der Waals surface area (Å²) < 4.78 is 25.2. The van der Waals surface area contributed by atoms with Crippen molar-refractivity contribution in [3.05, 3.63) is 57.8 Å². The third kappa shape index (κ3) is 4.85. The van der Waals surface area contributed by atoms with Gasteiger partial charge in [-0.3, -0.25) is 19.1 Å². The van der Waals surface area contributed by atoms with Crippen molar-refractivity contribution in [2.75, 3.05) is 19.4 Å². The van der Waals surface area contributed by atoms with Gasteiger partial charge in [0.1, 0.15) is 5.69 Å². The highest BCUT2D eigenvalue weighted by molar-refractivity contribution is 9.10. The largest absolute Gasteiger partial charge is 0.391 e. The Labute approximate surface area is 204 Å². The van der Waals surface area contributed by atoms with Crippen LogP contribution in [0.15, 0.2) is 41.0 Å². The van der Waals surface area contributed by atoms with E-state index in [1.54, 1.807) is 38.1 Å². The summed E-state index contributed by atoms with van der Waals surface area (Å²) >= 11 is 3.47. The molecule has 0 radical (unpaired) electrons. The normalized spacial score (nSPS) is 14.8. The minimum atomic E-state index is -3.42. The van der Waals surface area contributed by atoms with Gasteiger partial charge in [-0.05, 0) is 37.4 Å². The zero-order valence-corrected chi connectivity index (χ0v) is 21.2. The van der Waals surface area contributed by atoms with E-state index in [4.69, 9.17) is 9.05 Å². The number of hydrogen-bond acceptors (Lipinski definition) is 8. The van der Waals surface area contributed by atoms with Crippen LogP contribution in [0.25, 0.3) is 10.8 Å². The maximum Gasteiger partial charge on any atom is 0.333 e. The molecule has 1 aliphatic heterocycles. The number of rotatable bonds is 10. The van der Waals surface area contributed by atoms with Crippen molar-refractivity contribution >= 4 is 46.1 Å². The van der Waals surface area contributed by atoms with E-state index < -0.39 is 25.5 Å². The summed E-state index contributed by atoms with van der Waals surface area (Å²) in [4.78, 5) is 27.4.